The third-order valence-electron chi connectivity index (χ3n) is 5.66. The molecule has 0 fully saturated rings. The number of esters is 1. The van der Waals surface area contributed by atoms with Crippen LogP contribution in [0.25, 0.3) is 0 Å². The molecule has 0 aliphatic carbocycles. The minimum Gasteiger partial charge on any atom is -0.466 e. The Morgan fingerprint density at radius 2 is 2.00 bits per heavy atom. The van der Waals surface area contributed by atoms with Gasteiger partial charge in [-0.2, -0.15) is 9.90 Å². The zero-order valence-corrected chi connectivity index (χ0v) is 21.0. The number of carbonyl (C=O) groups excluding carboxylic acids is 2. The van der Waals surface area contributed by atoms with Crippen LogP contribution < -0.4 is 10.6 Å². The first-order valence-corrected chi connectivity index (χ1v) is 12.1. The number of hydrogen-bond donors (Lipinski definition) is 2. The fourth-order valence-corrected chi connectivity index (χ4v) is 4.50. The van der Waals surface area contributed by atoms with E-state index < -0.39 is 17.9 Å². The number of rotatable bonds is 8. The van der Waals surface area contributed by atoms with Gasteiger partial charge in [0, 0.05) is 22.3 Å². The standard InChI is InChI=1S/C24H26Cl2N6O3/c1-3-35-22(33)11-20(16-8-18(25)10-19(26)9-16)30-24(34)21-12-28-32(31-21)13-17-7-15-5-4-6-27-23(15)29-14(17)2/h7-10,12,20H,3-6,11,13H2,1-2H3,(H,27,29)(H,30,34)/t20-/m0/s1. The maximum Gasteiger partial charge on any atom is 0.308 e. The molecule has 0 unspecified atom stereocenters. The number of aromatic nitrogens is 4. The van der Waals surface area contributed by atoms with Gasteiger partial charge in [-0.3, -0.25) is 9.59 Å². The van der Waals surface area contributed by atoms with Crippen molar-refractivity contribution in [1.29, 1.82) is 0 Å². The van der Waals surface area contributed by atoms with E-state index in [-0.39, 0.29) is 18.7 Å². The molecule has 2 aromatic heterocycles. The molecule has 1 aliphatic rings. The Morgan fingerprint density at radius 3 is 2.74 bits per heavy atom. The van der Waals surface area contributed by atoms with Gasteiger partial charge >= 0.3 is 5.97 Å². The molecule has 11 heteroatoms. The molecular formula is C24H26Cl2N6O3. The van der Waals surface area contributed by atoms with Gasteiger partial charge in [-0.15, -0.1) is 5.10 Å². The fourth-order valence-electron chi connectivity index (χ4n) is 3.96. The van der Waals surface area contributed by atoms with E-state index in [2.05, 4.69) is 31.9 Å². The number of fused-ring (bicyclic) bond motifs is 1. The van der Waals surface area contributed by atoms with Gasteiger partial charge in [-0.1, -0.05) is 23.2 Å². The van der Waals surface area contributed by atoms with E-state index in [4.69, 9.17) is 27.9 Å². The minimum absolute atomic E-state index is 0.0849. The van der Waals surface area contributed by atoms with Gasteiger partial charge in [0.15, 0.2) is 5.69 Å². The molecule has 1 amide bonds. The van der Waals surface area contributed by atoms with E-state index in [0.29, 0.717) is 22.2 Å². The number of hydrogen-bond acceptors (Lipinski definition) is 7. The van der Waals surface area contributed by atoms with Gasteiger partial charge in [0.25, 0.3) is 5.91 Å². The fraction of sp³-hybridized carbons (Fsp3) is 0.375. The van der Waals surface area contributed by atoms with Crippen molar-refractivity contribution in [3.63, 3.8) is 0 Å². The first kappa shape index (κ1) is 24.9. The van der Waals surface area contributed by atoms with Crippen LogP contribution in [-0.4, -0.2) is 45.0 Å². The van der Waals surface area contributed by atoms with Crippen molar-refractivity contribution in [3.8, 4) is 0 Å². The molecule has 35 heavy (non-hydrogen) atoms. The first-order valence-electron chi connectivity index (χ1n) is 11.4. The Kier molecular flexibility index (Phi) is 7.87. The van der Waals surface area contributed by atoms with Crippen LogP contribution in [0.2, 0.25) is 10.0 Å². The number of ether oxygens (including phenoxy) is 1. The molecule has 0 saturated heterocycles. The Bertz CT molecular complexity index is 1230. The van der Waals surface area contributed by atoms with Crippen LogP contribution in [0.5, 0.6) is 0 Å². The number of amides is 1. The van der Waals surface area contributed by atoms with Crippen LogP contribution in [-0.2, 0) is 22.5 Å². The SMILES string of the molecule is CCOC(=O)C[C@H](NC(=O)c1cnn(Cc2cc3c(nc2C)NCCC3)n1)c1cc(Cl)cc(Cl)c1. The summed E-state index contributed by atoms with van der Waals surface area (Å²) in [6.45, 7) is 5.21. The lowest BCUT2D eigenvalue weighted by Crippen LogP contribution is -2.31. The van der Waals surface area contributed by atoms with Crippen LogP contribution in [0.1, 0.15) is 58.7 Å². The average Bonchev–Trinajstić information content (AvgIpc) is 3.27. The summed E-state index contributed by atoms with van der Waals surface area (Å²) in [7, 11) is 0. The topological polar surface area (TPSA) is 111 Å². The van der Waals surface area contributed by atoms with Crippen molar-refractivity contribution >= 4 is 40.9 Å². The Morgan fingerprint density at radius 1 is 1.23 bits per heavy atom. The molecule has 0 radical (unpaired) electrons. The molecule has 1 atom stereocenters. The van der Waals surface area contributed by atoms with Gasteiger partial charge in [0.2, 0.25) is 0 Å². The van der Waals surface area contributed by atoms with Gasteiger partial charge < -0.3 is 15.4 Å². The highest BCUT2D eigenvalue weighted by Crippen LogP contribution is 2.26. The van der Waals surface area contributed by atoms with Gasteiger partial charge in [0.05, 0.1) is 31.8 Å². The molecule has 9 nitrogen and oxygen atoms in total. The lowest BCUT2D eigenvalue weighted by atomic mass is 10.0. The average molecular weight is 517 g/mol. The molecule has 0 spiro atoms. The zero-order chi connectivity index (χ0) is 24.9. The van der Waals surface area contributed by atoms with E-state index in [0.717, 1.165) is 36.5 Å². The van der Waals surface area contributed by atoms with Crippen LogP contribution in [0, 0.1) is 6.92 Å². The summed E-state index contributed by atoms with van der Waals surface area (Å²) < 4.78 is 5.06. The normalized spacial score (nSPS) is 13.5. The van der Waals surface area contributed by atoms with Gasteiger partial charge in [0.1, 0.15) is 5.82 Å². The van der Waals surface area contributed by atoms with Crippen molar-refractivity contribution in [2.75, 3.05) is 18.5 Å². The summed E-state index contributed by atoms with van der Waals surface area (Å²) in [6.07, 6.45) is 3.34. The van der Waals surface area contributed by atoms with Crippen molar-refractivity contribution in [1.82, 2.24) is 25.3 Å². The monoisotopic (exact) mass is 516 g/mol. The molecule has 0 bridgehead atoms. The summed E-state index contributed by atoms with van der Waals surface area (Å²) in [5, 5.41) is 15.5. The summed E-state index contributed by atoms with van der Waals surface area (Å²) in [5.41, 5.74) is 3.75. The Balaban J connectivity index is 1.50. The van der Waals surface area contributed by atoms with E-state index in [1.807, 2.05) is 6.92 Å². The third kappa shape index (κ3) is 6.29. The summed E-state index contributed by atoms with van der Waals surface area (Å²) >= 11 is 12.3. The predicted octanol–water partition coefficient (Wildman–Crippen LogP) is 4.12. The summed E-state index contributed by atoms with van der Waals surface area (Å²) in [4.78, 5) is 31.3. The highest BCUT2D eigenvalue weighted by atomic mass is 35.5. The van der Waals surface area contributed by atoms with Crippen LogP contribution in [0.4, 0.5) is 5.82 Å². The predicted molar refractivity (Wildman–Crippen MR) is 133 cm³/mol. The molecule has 2 N–H and O–H groups in total. The molecule has 1 aliphatic heterocycles. The van der Waals surface area contributed by atoms with Crippen LogP contribution >= 0.6 is 23.2 Å². The number of pyridine rings is 1. The summed E-state index contributed by atoms with van der Waals surface area (Å²) in [5.74, 6) is -0.00619. The molecule has 3 heterocycles. The second kappa shape index (κ2) is 11.0. The highest BCUT2D eigenvalue weighted by molar-refractivity contribution is 6.34. The Labute approximate surface area is 213 Å². The van der Waals surface area contributed by atoms with E-state index in [1.165, 1.54) is 16.6 Å². The smallest absolute Gasteiger partial charge is 0.308 e. The molecule has 1 aromatic carbocycles. The number of halogens is 2. The second-order valence-electron chi connectivity index (χ2n) is 8.27. The van der Waals surface area contributed by atoms with Crippen molar-refractivity contribution < 1.29 is 14.3 Å². The lowest BCUT2D eigenvalue weighted by Gasteiger charge is -2.19. The molecule has 184 valence electrons. The second-order valence-corrected chi connectivity index (χ2v) is 9.14. The van der Waals surface area contributed by atoms with Crippen molar-refractivity contribution in [3.05, 3.63) is 68.6 Å². The third-order valence-corrected chi connectivity index (χ3v) is 6.10. The number of nitrogens with one attached hydrogen (secondary N) is 2. The largest absolute Gasteiger partial charge is 0.466 e. The maximum absolute atomic E-state index is 13.0. The number of aryl methyl sites for hydroxylation is 2. The zero-order valence-electron chi connectivity index (χ0n) is 19.5. The lowest BCUT2D eigenvalue weighted by molar-refractivity contribution is -0.143. The molecule has 4 rings (SSSR count). The van der Waals surface area contributed by atoms with E-state index >= 15 is 0 Å². The number of carbonyl (C=O) groups is 2. The van der Waals surface area contributed by atoms with Crippen molar-refractivity contribution in [2.24, 2.45) is 0 Å². The number of benzene rings is 1. The van der Waals surface area contributed by atoms with E-state index in [1.54, 1.807) is 25.1 Å². The minimum atomic E-state index is -0.706. The van der Waals surface area contributed by atoms with Gasteiger partial charge in [-0.25, -0.2) is 4.98 Å². The maximum atomic E-state index is 13.0. The van der Waals surface area contributed by atoms with Crippen molar-refractivity contribution in [2.45, 2.75) is 45.7 Å². The van der Waals surface area contributed by atoms with E-state index in [9.17, 15) is 9.59 Å². The Hall–Kier alpha value is -3.17. The highest BCUT2D eigenvalue weighted by Gasteiger charge is 2.23. The first-order chi connectivity index (χ1) is 16.8. The quantitative estimate of drug-likeness (QED) is 0.433. The molecule has 0 saturated carbocycles. The number of anilines is 1. The number of nitrogens with zero attached hydrogens (tertiary/aromatic N) is 4. The van der Waals surface area contributed by atoms with Crippen LogP contribution in [0.3, 0.4) is 0 Å². The van der Waals surface area contributed by atoms with Gasteiger partial charge in [-0.05, 0) is 67.6 Å². The van der Waals surface area contributed by atoms with Crippen LogP contribution in [0.15, 0.2) is 30.5 Å². The summed E-state index contributed by atoms with van der Waals surface area (Å²) in [6, 6.07) is 6.28. The molecule has 3 aromatic rings. The molecular weight excluding hydrogens is 491 g/mol.